The Morgan fingerprint density at radius 2 is 1.66 bits per heavy atom. The molecule has 3 aromatic carbocycles. The Bertz CT molecular complexity index is 1180. The van der Waals surface area contributed by atoms with Gasteiger partial charge in [-0.3, -0.25) is 9.59 Å². The van der Waals surface area contributed by atoms with Crippen LogP contribution in [0.25, 0.3) is 0 Å². The number of halogens is 1. The van der Waals surface area contributed by atoms with E-state index in [1.54, 1.807) is 35.2 Å². The molecule has 1 atom stereocenters. The van der Waals surface area contributed by atoms with E-state index in [2.05, 4.69) is 5.32 Å². The third-order valence-electron chi connectivity index (χ3n) is 5.48. The summed E-state index contributed by atoms with van der Waals surface area (Å²) in [4.78, 5) is 40.4. The van der Waals surface area contributed by atoms with Crippen molar-refractivity contribution in [2.24, 2.45) is 0 Å². The zero-order valence-corrected chi connectivity index (χ0v) is 18.1. The molecule has 2 amide bonds. The minimum Gasteiger partial charge on any atom is -0.465 e. The number of nitrogens with one attached hydrogen (secondary N) is 1. The van der Waals surface area contributed by atoms with Crippen LogP contribution in [0.5, 0.6) is 0 Å². The minimum atomic E-state index is -0.762. The van der Waals surface area contributed by atoms with E-state index in [9.17, 15) is 14.4 Å². The van der Waals surface area contributed by atoms with E-state index in [0.29, 0.717) is 23.6 Å². The van der Waals surface area contributed by atoms with Gasteiger partial charge in [-0.2, -0.15) is 0 Å². The molecule has 1 N–H and O–H groups in total. The lowest BCUT2D eigenvalue weighted by Crippen LogP contribution is -2.50. The number of amides is 2. The second kappa shape index (κ2) is 9.24. The molecule has 3 aromatic rings. The smallest absolute Gasteiger partial charge is 0.339 e. The van der Waals surface area contributed by atoms with E-state index < -0.39 is 17.9 Å². The lowest BCUT2D eigenvalue weighted by atomic mass is 9.92. The molecule has 0 saturated carbocycles. The number of rotatable bonds is 4. The molecule has 4 rings (SSSR count). The van der Waals surface area contributed by atoms with Crippen LogP contribution in [-0.2, 0) is 22.5 Å². The fraction of sp³-hybridized carbons (Fsp3) is 0.160. The van der Waals surface area contributed by atoms with Crippen molar-refractivity contribution in [2.75, 3.05) is 12.4 Å². The van der Waals surface area contributed by atoms with E-state index >= 15 is 0 Å². The van der Waals surface area contributed by atoms with Crippen LogP contribution in [0.4, 0.5) is 5.69 Å². The molecule has 0 unspecified atom stereocenters. The summed E-state index contributed by atoms with van der Waals surface area (Å²) in [6.45, 7) is 0.307. The van der Waals surface area contributed by atoms with E-state index in [-0.39, 0.29) is 17.2 Å². The van der Waals surface area contributed by atoms with Crippen LogP contribution in [0, 0.1) is 0 Å². The van der Waals surface area contributed by atoms with Crippen LogP contribution in [0.2, 0.25) is 5.02 Å². The Labute approximate surface area is 190 Å². The van der Waals surface area contributed by atoms with Crippen LogP contribution in [0.1, 0.15) is 31.8 Å². The predicted octanol–water partition coefficient (Wildman–Crippen LogP) is 4.33. The number of anilines is 1. The maximum Gasteiger partial charge on any atom is 0.339 e. The Balaban J connectivity index is 1.68. The van der Waals surface area contributed by atoms with Gasteiger partial charge in [-0.1, -0.05) is 54.1 Å². The van der Waals surface area contributed by atoms with Crippen LogP contribution < -0.4 is 5.32 Å². The van der Waals surface area contributed by atoms with Crippen molar-refractivity contribution in [3.8, 4) is 0 Å². The van der Waals surface area contributed by atoms with Crippen molar-refractivity contribution in [1.29, 1.82) is 0 Å². The molecule has 6 nitrogen and oxygen atoms in total. The van der Waals surface area contributed by atoms with Gasteiger partial charge in [-0.05, 0) is 41.5 Å². The molecule has 32 heavy (non-hydrogen) atoms. The van der Waals surface area contributed by atoms with Crippen molar-refractivity contribution < 1.29 is 19.1 Å². The van der Waals surface area contributed by atoms with Crippen LogP contribution in [0.15, 0.2) is 72.8 Å². The van der Waals surface area contributed by atoms with Crippen LogP contribution in [0.3, 0.4) is 0 Å². The Morgan fingerprint density at radius 1 is 0.969 bits per heavy atom. The number of carbonyl (C=O) groups is 3. The van der Waals surface area contributed by atoms with Gasteiger partial charge in [0.2, 0.25) is 5.91 Å². The summed E-state index contributed by atoms with van der Waals surface area (Å²) < 4.78 is 4.81. The van der Waals surface area contributed by atoms with Crippen molar-refractivity contribution in [3.63, 3.8) is 0 Å². The SMILES string of the molecule is COC(=O)c1ccc(Cl)cc1NC(=O)[C@H]1Cc2ccccc2CN1C(=O)c1ccccc1. The standard InChI is InChI=1S/C25H21ClN2O4/c1-32-25(31)20-12-11-19(26)14-21(20)27-23(29)22-13-17-9-5-6-10-18(17)15-28(22)24(30)16-7-3-2-4-8-16/h2-12,14,22H,13,15H2,1H3,(H,27,29)/t22-/m1/s1. The summed E-state index contributed by atoms with van der Waals surface area (Å²) in [6.07, 6.45) is 0.356. The molecule has 0 radical (unpaired) electrons. The quantitative estimate of drug-likeness (QED) is 0.603. The molecule has 0 aromatic heterocycles. The van der Waals surface area contributed by atoms with Gasteiger partial charge < -0.3 is 15.0 Å². The molecule has 0 bridgehead atoms. The molecular weight excluding hydrogens is 428 g/mol. The molecule has 1 aliphatic heterocycles. The van der Waals surface area contributed by atoms with Crippen molar-refractivity contribution in [2.45, 2.75) is 19.0 Å². The number of fused-ring (bicyclic) bond motifs is 1. The molecule has 0 fully saturated rings. The summed E-state index contributed by atoms with van der Waals surface area (Å²) in [7, 11) is 1.26. The summed E-state index contributed by atoms with van der Waals surface area (Å²) in [5.74, 6) is -1.24. The number of nitrogens with zero attached hydrogens (tertiary/aromatic N) is 1. The Morgan fingerprint density at radius 3 is 2.38 bits per heavy atom. The molecule has 0 saturated heterocycles. The largest absolute Gasteiger partial charge is 0.465 e. The Kier molecular flexibility index (Phi) is 6.23. The van der Waals surface area contributed by atoms with Gasteiger partial charge in [0, 0.05) is 23.6 Å². The zero-order valence-electron chi connectivity index (χ0n) is 17.4. The summed E-state index contributed by atoms with van der Waals surface area (Å²) in [5.41, 5.74) is 2.92. The Hall–Kier alpha value is -3.64. The zero-order chi connectivity index (χ0) is 22.7. The monoisotopic (exact) mass is 448 g/mol. The third kappa shape index (κ3) is 4.36. The third-order valence-corrected chi connectivity index (χ3v) is 5.71. The van der Waals surface area contributed by atoms with Crippen LogP contribution in [-0.4, -0.2) is 35.8 Å². The average Bonchev–Trinajstić information content (AvgIpc) is 2.83. The molecule has 1 aliphatic rings. The molecule has 7 heteroatoms. The van der Waals surface area contributed by atoms with E-state index in [0.717, 1.165) is 11.1 Å². The number of carbonyl (C=O) groups excluding carboxylic acids is 3. The van der Waals surface area contributed by atoms with E-state index in [1.807, 2.05) is 30.3 Å². The minimum absolute atomic E-state index is 0.183. The molecule has 1 heterocycles. The first-order valence-corrected chi connectivity index (χ1v) is 10.5. The highest BCUT2D eigenvalue weighted by atomic mass is 35.5. The summed E-state index contributed by atoms with van der Waals surface area (Å²) in [6, 6.07) is 20.4. The lowest BCUT2D eigenvalue weighted by Gasteiger charge is -2.36. The summed E-state index contributed by atoms with van der Waals surface area (Å²) >= 11 is 6.09. The maximum absolute atomic E-state index is 13.4. The molecule has 162 valence electrons. The number of esters is 1. The molecule has 0 aliphatic carbocycles. The first-order valence-electron chi connectivity index (χ1n) is 10.1. The van der Waals surface area contributed by atoms with Gasteiger partial charge in [-0.15, -0.1) is 0 Å². The number of ether oxygens (including phenoxy) is 1. The fourth-order valence-corrected chi connectivity index (χ4v) is 4.01. The topological polar surface area (TPSA) is 75.7 Å². The normalized spacial score (nSPS) is 14.9. The number of benzene rings is 3. The van der Waals surface area contributed by atoms with Gasteiger partial charge in [0.25, 0.3) is 5.91 Å². The predicted molar refractivity (Wildman–Crippen MR) is 122 cm³/mol. The van der Waals surface area contributed by atoms with Crippen LogP contribution >= 0.6 is 11.6 Å². The van der Waals surface area contributed by atoms with Gasteiger partial charge in [0.15, 0.2) is 0 Å². The van der Waals surface area contributed by atoms with E-state index in [4.69, 9.17) is 16.3 Å². The van der Waals surface area contributed by atoms with Gasteiger partial charge in [0.05, 0.1) is 18.4 Å². The highest BCUT2D eigenvalue weighted by Crippen LogP contribution is 2.27. The first kappa shape index (κ1) is 21.6. The van der Waals surface area contributed by atoms with Gasteiger partial charge in [0.1, 0.15) is 6.04 Å². The number of methoxy groups -OCH3 is 1. The highest BCUT2D eigenvalue weighted by molar-refractivity contribution is 6.31. The van der Waals surface area contributed by atoms with Crippen molar-refractivity contribution >= 4 is 35.1 Å². The number of hydrogen-bond donors (Lipinski definition) is 1. The van der Waals surface area contributed by atoms with Gasteiger partial charge in [-0.25, -0.2) is 4.79 Å². The molecular formula is C25H21ClN2O4. The van der Waals surface area contributed by atoms with Crippen molar-refractivity contribution in [3.05, 3.63) is 100 Å². The van der Waals surface area contributed by atoms with E-state index in [1.165, 1.54) is 19.2 Å². The lowest BCUT2D eigenvalue weighted by molar-refractivity contribution is -0.121. The van der Waals surface area contributed by atoms with Gasteiger partial charge >= 0.3 is 5.97 Å². The molecule has 0 spiro atoms. The second-order valence-electron chi connectivity index (χ2n) is 7.46. The average molecular weight is 449 g/mol. The van der Waals surface area contributed by atoms with Crippen molar-refractivity contribution in [1.82, 2.24) is 4.90 Å². The maximum atomic E-state index is 13.4. The number of hydrogen-bond acceptors (Lipinski definition) is 4. The summed E-state index contributed by atoms with van der Waals surface area (Å²) in [5, 5.41) is 3.15. The highest BCUT2D eigenvalue weighted by Gasteiger charge is 2.35. The second-order valence-corrected chi connectivity index (χ2v) is 7.89. The first-order chi connectivity index (χ1) is 15.5. The fourth-order valence-electron chi connectivity index (χ4n) is 3.84.